The summed E-state index contributed by atoms with van der Waals surface area (Å²) in [4.78, 5) is 4.84. The number of hydrogen-bond acceptors (Lipinski definition) is 4. The summed E-state index contributed by atoms with van der Waals surface area (Å²) in [6.45, 7) is 10.5. The Balaban J connectivity index is 1.82. The molecule has 1 atom stereocenters. The average molecular weight is 317 g/mol. The minimum atomic E-state index is 0.371. The molecule has 0 bridgehead atoms. The molecule has 2 aliphatic rings. The van der Waals surface area contributed by atoms with Gasteiger partial charge in [0.1, 0.15) is 5.75 Å². The first-order valence-corrected chi connectivity index (χ1v) is 9.25. The second-order valence-corrected chi connectivity index (χ2v) is 6.90. The Morgan fingerprint density at radius 1 is 1.22 bits per heavy atom. The number of hydrogen-bond donors (Lipinski definition) is 2. The molecule has 1 aromatic carbocycles. The van der Waals surface area contributed by atoms with Gasteiger partial charge in [0.2, 0.25) is 0 Å². The van der Waals surface area contributed by atoms with Crippen LogP contribution in [0.2, 0.25) is 0 Å². The second kappa shape index (κ2) is 7.54. The van der Waals surface area contributed by atoms with Gasteiger partial charge in [-0.2, -0.15) is 0 Å². The van der Waals surface area contributed by atoms with Gasteiger partial charge in [0.25, 0.3) is 0 Å². The maximum absolute atomic E-state index is 10.7. The van der Waals surface area contributed by atoms with Crippen molar-refractivity contribution in [2.45, 2.75) is 39.2 Å². The van der Waals surface area contributed by atoms with Crippen molar-refractivity contribution in [2.24, 2.45) is 5.92 Å². The number of benzene rings is 1. The van der Waals surface area contributed by atoms with Crippen LogP contribution in [0.1, 0.15) is 44.7 Å². The zero-order valence-electron chi connectivity index (χ0n) is 14.6. The Bertz CT molecular complexity index is 505. The summed E-state index contributed by atoms with van der Waals surface area (Å²) in [5.74, 6) is 1.33. The first kappa shape index (κ1) is 16.6. The molecule has 0 spiro atoms. The highest BCUT2D eigenvalue weighted by Crippen LogP contribution is 2.42. The van der Waals surface area contributed by atoms with E-state index in [9.17, 15) is 5.11 Å². The van der Waals surface area contributed by atoms with Gasteiger partial charge >= 0.3 is 0 Å². The number of rotatable bonds is 7. The van der Waals surface area contributed by atoms with E-state index in [0.717, 1.165) is 56.4 Å². The van der Waals surface area contributed by atoms with Gasteiger partial charge in [-0.1, -0.05) is 18.9 Å². The number of anilines is 1. The molecule has 0 amide bonds. The largest absolute Gasteiger partial charge is 0.508 e. The van der Waals surface area contributed by atoms with E-state index in [-0.39, 0.29) is 0 Å². The lowest BCUT2D eigenvalue weighted by atomic mass is 9.97. The summed E-state index contributed by atoms with van der Waals surface area (Å²) < 4.78 is 0. The Morgan fingerprint density at radius 2 is 1.91 bits per heavy atom. The highest BCUT2D eigenvalue weighted by Gasteiger charge is 2.31. The third-order valence-electron chi connectivity index (χ3n) is 5.35. The van der Waals surface area contributed by atoms with Gasteiger partial charge in [-0.05, 0) is 32.3 Å². The third kappa shape index (κ3) is 3.99. The minimum Gasteiger partial charge on any atom is -0.508 e. The summed E-state index contributed by atoms with van der Waals surface area (Å²) in [5.41, 5.74) is 2.25. The Labute approximate surface area is 140 Å². The highest BCUT2D eigenvalue weighted by atomic mass is 16.3. The van der Waals surface area contributed by atoms with Crippen molar-refractivity contribution in [1.82, 2.24) is 10.2 Å². The first-order chi connectivity index (χ1) is 11.2. The fraction of sp³-hybridized carbons (Fsp3) is 0.684. The predicted molar refractivity (Wildman–Crippen MR) is 96.2 cm³/mol. The van der Waals surface area contributed by atoms with Crippen LogP contribution in [-0.2, 0) is 0 Å². The van der Waals surface area contributed by atoms with E-state index in [1.54, 1.807) is 0 Å². The predicted octanol–water partition coefficient (Wildman–Crippen LogP) is 2.98. The van der Waals surface area contributed by atoms with Gasteiger partial charge in [0.05, 0.1) is 0 Å². The molecule has 1 saturated carbocycles. The fourth-order valence-electron chi connectivity index (χ4n) is 3.74. The Hall–Kier alpha value is -1.26. The smallest absolute Gasteiger partial charge is 0.122 e. The number of nitrogens with zero attached hydrogens (tertiary/aromatic N) is 2. The third-order valence-corrected chi connectivity index (χ3v) is 5.35. The van der Waals surface area contributed by atoms with E-state index in [0.29, 0.717) is 11.8 Å². The van der Waals surface area contributed by atoms with Crippen molar-refractivity contribution in [3.05, 3.63) is 23.8 Å². The molecular formula is C19H31N3O. The summed E-state index contributed by atoms with van der Waals surface area (Å²) in [6, 6.07) is 6.68. The van der Waals surface area contributed by atoms with Gasteiger partial charge in [0, 0.05) is 62.6 Å². The van der Waals surface area contributed by atoms with Gasteiger partial charge in [-0.25, -0.2) is 0 Å². The molecule has 1 saturated heterocycles. The van der Waals surface area contributed by atoms with Gasteiger partial charge in [-0.3, -0.25) is 4.90 Å². The number of phenols is 1. The van der Waals surface area contributed by atoms with Crippen molar-refractivity contribution in [1.29, 1.82) is 0 Å². The highest BCUT2D eigenvalue weighted by molar-refractivity contribution is 5.54. The fourth-order valence-corrected chi connectivity index (χ4v) is 3.74. The molecule has 128 valence electrons. The van der Waals surface area contributed by atoms with Crippen LogP contribution < -0.4 is 10.2 Å². The molecule has 1 aliphatic carbocycles. The van der Waals surface area contributed by atoms with Crippen LogP contribution in [0.3, 0.4) is 0 Å². The van der Waals surface area contributed by atoms with Crippen molar-refractivity contribution in [2.75, 3.05) is 44.2 Å². The molecule has 2 N–H and O–H groups in total. The van der Waals surface area contributed by atoms with Crippen molar-refractivity contribution >= 4 is 5.69 Å². The number of piperazine rings is 1. The van der Waals surface area contributed by atoms with E-state index in [1.807, 2.05) is 6.07 Å². The van der Waals surface area contributed by atoms with Crippen molar-refractivity contribution in [3.63, 3.8) is 0 Å². The normalized spacial score (nSPS) is 20.4. The number of aromatic hydroxyl groups is 1. The summed E-state index contributed by atoms with van der Waals surface area (Å²) in [5, 5.41) is 14.1. The monoisotopic (exact) mass is 317 g/mol. The Kier molecular flexibility index (Phi) is 5.44. The topological polar surface area (TPSA) is 38.7 Å². The average Bonchev–Trinajstić information content (AvgIpc) is 3.39. The summed E-state index contributed by atoms with van der Waals surface area (Å²) in [7, 11) is 0. The van der Waals surface area contributed by atoms with Crippen LogP contribution in [0.25, 0.3) is 0 Å². The molecule has 4 nitrogen and oxygen atoms in total. The zero-order valence-corrected chi connectivity index (χ0v) is 14.6. The van der Waals surface area contributed by atoms with Crippen LogP contribution in [0.4, 0.5) is 5.69 Å². The van der Waals surface area contributed by atoms with Crippen LogP contribution in [-0.4, -0.2) is 49.3 Å². The van der Waals surface area contributed by atoms with Gasteiger partial charge in [-0.15, -0.1) is 0 Å². The molecule has 23 heavy (non-hydrogen) atoms. The van der Waals surface area contributed by atoms with Crippen LogP contribution in [0, 0.1) is 5.92 Å². The maximum atomic E-state index is 10.7. The number of phenolic OH excluding ortho intramolecular Hbond substituents is 1. The molecule has 1 aromatic rings. The molecule has 2 fully saturated rings. The maximum Gasteiger partial charge on any atom is 0.122 e. The molecule has 0 radical (unpaired) electrons. The SMILES string of the molecule is CCN(CC)c1ccc([C@@H](CC2CC2)N2CCNCC2)c(O)c1. The lowest BCUT2D eigenvalue weighted by Crippen LogP contribution is -2.45. The summed E-state index contributed by atoms with van der Waals surface area (Å²) in [6.07, 6.45) is 3.92. The van der Waals surface area contributed by atoms with E-state index >= 15 is 0 Å². The lowest BCUT2D eigenvalue weighted by molar-refractivity contribution is 0.158. The minimum absolute atomic E-state index is 0.371. The molecule has 4 heteroatoms. The standard InChI is InChI=1S/C19H31N3O/c1-3-21(4-2)16-7-8-17(19(23)14-16)18(13-15-5-6-15)22-11-9-20-10-12-22/h7-8,14-15,18,20,23H,3-6,9-13H2,1-2H3/t18-/m1/s1. The molecule has 0 aromatic heterocycles. The first-order valence-electron chi connectivity index (χ1n) is 9.25. The van der Waals surface area contributed by atoms with E-state index < -0.39 is 0 Å². The Morgan fingerprint density at radius 3 is 2.48 bits per heavy atom. The lowest BCUT2D eigenvalue weighted by Gasteiger charge is -2.36. The second-order valence-electron chi connectivity index (χ2n) is 6.90. The number of nitrogens with one attached hydrogen (secondary N) is 1. The van der Waals surface area contributed by atoms with Crippen molar-refractivity contribution in [3.8, 4) is 5.75 Å². The summed E-state index contributed by atoms with van der Waals surface area (Å²) >= 11 is 0. The molecule has 1 heterocycles. The van der Waals surface area contributed by atoms with Crippen LogP contribution >= 0.6 is 0 Å². The van der Waals surface area contributed by atoms with E-state index in [1.165, 1.54) is 19.3 Å². The van der Waals surface area contributed by atoms with Crippen LogP contribution in [0.15, 0.2) is 18.2 Å². The zero-order chi connectivity index (χ0) is 16.2. The van der Waals surface area contributed by atoms with Crippen LogP contribution in [0.5, 0.6) is 5.75 Å². The molecule has 3 rings (SSSR count). The van der Waals surface area contributed by atoms with E-state index in [2.05, 4.69) is 41.1 Å². The van der Waals surface area contributed by atoms with Gasteiger partial charge < -0.3 is 15.3 Å². The van der Waals surface area contributed by atoms with Crippen molar-refractivity contribution < 1.29 is 5.11 Å². The molecular weight excluding hydrogens is 286 g/mol. The molecule has 0 unspecified atom stereocenters. The van der Waals surface area contributed by atoms with Gasteiger partial charge in [0.15, 0.2) is 0 Å². The molecule has 1 aliphatic heterocycles. The quantitative estimate of drug-likeness (QED) is 0.811. The van der Waals surface area contributed by atoms with E-state index in [4.69, 9.17) is 0 Å².